The standard InChI is InChI=1S/C35H42Cl2N2O8/c1-39(34(45)33(44)32(43)31(42)29(41)19-40)15-5-4-6-21-16-28(37)22(17-27(21)36)20-46-35(12-13-35)26-18-38-14-11-24(26)25-7-2-3-8-30(25)47-23-9-10-23/h2-3,7-8,11,14,16-18,23,29,31-33,40-44H,4-6,9-10,12-13,15,19-20H2,1H3. The highest BCUT2D eigenvalue weighted by Gasteiger charge is 2.48. The van der Waals surface area contributed by atoms with Gasteiger partial charge in [-0.05, 0) is 85.9 Å². The molecule has 5 N–H and O–H groups in total. The van der Waals surface area contributed by atoms with E-state index in [1.807, 2.05) is 42.6 Å². The molecule has 4 atom stereocenters. The van der Waals surface area contributed by atoms with Crippen LogP contribution in [0.2, 0.25) is 10.0 Å². The van der Waals surface area contributed by atoms with E-state index in [9.17, 15) is 25.2 Å². The summed E-state index contributed by atoms with van der Waals surface area (Å²) in [5.74, 6) is 0.0582. The van der Waals surface area contributed by atoms with Crippen molar-refractivity contribution in [3.05, 3.63) is 81.6 Å². The topological polar surface area (TPSA) is 153 Å². The van der Waals surface area contributed by atoms with Crippen LogP contribution >= 0.6 is 23.2 Å². The van der Waals surface area contributed by atoms with Crippen molar-refractivity contribution >= 4 is 29.1 Å². The fourth-order valence-electron chi connectivity index (χ4n) is 5.57. The van der Waals surface area contributed by atoms with Gasteiger partial charge in [0.1, 0.15) is 24.1 Å². The van der Waals surface area contributed by atoms with Gasteiger partial charge in [0.15, 0.2) is 6.10 Å². The van der Waals surface area contributed by atoms with Gasteiger partial charge in [0, 0.05) is 47.2 Å². The number of aryl methyl sites for hydroxylation is 1. The Hall–Kier alpha value is -2.80. The summed E-state index contributed by atoms with van der Waals surface area (Å²) in [7, 11) is 1.47. The summed E-state index contributed by atoms with van der Waals surface area (Å²) < 4.78 is 12.8. The molecular formula is C35H42Cl2N2O8. The Morgan fingerprint density at radius 3 is 2.40 bits per heavy atom. The molecule has 2 fully saturated rings. The van der Waals surface area contributed by atoms with Gasteiger partial charge in [-0.15, -0.1) is 0 Å². The van der Waals surface area contributed by atoms with E-state index in [1.165, 1.54) is 11.9 Å². The molecule has 1 aromatic heterocycles. The van der Waals surface area contributed by atoms with Crippen molar-refractivity contribution in [1.82, 2.24) is 9.88 Å². The largest absolute Gasteiger partial charge is 0.490 e. The Morgan fingerprint density at radius 1 is 1.00 bits per heavy atom. The first kappa shape index (κ1) is 35.5. The molecule has 10 nitrogen and oxygen atoms in total. The highest BCUT2D eigenvalue weighted by molar-refractivity contribution is 6.34. The van der Waals surface area contributed by atoms with Gasteiger partial charge in [-0.2, -0.15) is 0 Å². The van der Waals surface area contributed by atoms with Crippen LogP contribution in [0.15, 0.2) is 54.9 Å². The Balaban J connectivity index is 1.16. The van der Waals surface area contributed by atoms with Crippen molar-refractivity contribution in [2.24, 2.45) is 0 Å². The number of carbonyl (C=O) groups excluding carboxylic acids is 1. The van der Waals surface area contributed by atoms with Crippen molar-refractivity contribution in [3.8, 4) is 16.9 Å². The van der Waals surface area contributed by atoms with Crippen LogP contribution in [0, 0.1) is 0 Å². The predicted octanol–water partition coefficient (Wildman–Crippen LogP) is 4.02. The number of aliphatic hydroxyl groups excluding tert-OH is 5. The molecule has 3 aromatic rings. The van der Waals surface area contributed by atoms with Crippen LogP contribution in [-0.2, 0) is 28.2 Å². The molecule has 1 amide bonds. The summed E-state index contributed by atoms with van der Waals surface area (Å²) in [4.78, 5) is 18.1. The van der Waals surface area contributed by atoms with Gasteiger partial charge in [0.25, 0.3) is 5.91 Å². The van der Waals surface area contributed by atoms with Crippen LogP contribution in [0.5, 0.6) is 5.75 Å². The first-order valence-electron chi connectivity index (χ1n) is 15.9. The predicted molar refractivity (Wildman–Crippen MR) is 177 cm³/mol. The highest BCUT2D eigenvalue weighted by Crippen LogP contribution is 2.53. The second-order valence-corrected chi connectivity index (χ2v) is 13.3. The molecule has 254 valence electrons. The van der Waals surface area contributed by atoms with Gasteiger partial charge >= 0.3 is 0 Å². The molecule has 0 spiro atoms. The number of likely N-dealkylation sites (N-methyl/N-ethyl adjacent to an activating group) is 1. The fraction of sp³-hybridized carbons (Fsp3) is 0.486. The first-order chi connectivity index (χ1) is 22.5. The quantitative estimate of drug-likeness (QED) is 0.132. The third-order valence-corrected chi connectivity index (χ3v) is 9.51. The van der Waals surface area contributed by atoms with Gasteiger partial charge < -0.3 is 39.9 Å². The molecule has 47 heavy (non-hydrogen) atoms. The smallest absolute Gasteiger partial charge is 0.253 e. The third kappa shape index (κ3) is 8.63. The summed E-state index contributed by atoms with van der Waals surface area (Å²) in [5.41, 5.74) is 4.25. The van der Waals surface area contributed by atoms with Crippen LogP contribution in [0.3, 0.4) is 0 Å². The number of hydrogen-bond acceptors (Lipinski definition) is 9. The molecule has 2 aliphatic carbocycles. The Kier molecular flexibility index (Phi) is 11.8. The molecule has 2 aliphatic rings. The van der Waals surface area contributed by atoms with Gasteiger partial charge in [-0.25, -0.2) is 0 Å². The maximum Gasteiger partial charge on any atom is 0.253 e. The van der Waals surface area contributed by atoms with Crippen molar-refractivity contribution in [2.75, 3.05) is 20.2 Å². The zero-order valence-corrected chi connectivity index (χ0v) is 27.8. The number of ether oxygens (including phenoxy) is 2. The van der Waals surface area contributed by atoms with Crippen molar-refractivity contribution in [3.63, 3.8) is 0 Å². The minimum absolute atomic E-state index is 0.272. The molecule has 1 heterocycles. The number of pyridine rings is 1. The number of hydrogen-bond donors (Lipinski definition) is 5. The molecule has 2 saturated carbocycles. The highest BCUT2D eigenvalue weighted by atomic mass is 35.5. The molecule has 0 radical (unpaired) electrons. The Labute approximate surface area is 284 Å². The average Bonchev–Trinajstić information content (AvgIpc) is 4.03. The third-order valence-electron chi connectivity index (χ3n) is 8.80. The minimum Gasteiger partial charge on any atom is -0.490 e. The molecular weight excluding hydrogens is 647 g/mol. The number of para-hydroxylation sites is 1. The molecule has 2 aromatic carbocycles. The normalized spacial score (nSPS) is 17.9. The molecule has 0 aliphatic heterocycles. The monoisotopic (exact) mass is 688 g/mol. The second-order valence-electron chi connectivity index (χ2n) is 12.4. The van der Waals surface area contributed by atoms with E-state index in [4.69, 9.17) is 37.8 Å². The lowest BCUT2D eigenvalue weighted by Crippen LogP contribution is -2.52. The Morgan fingerprint density at radius 2 is 1.70 bits per heavy atom. The van der Waals surface area contributed by atoms with E-state index < -0.39 is 42.5 Å². The number of amides is 1. The van der Waals surface area contributed by atoms with E-state index in [-0.39, 0.29) is 19.3 Å². The SMILES string of the molecule is CN(CCCCc1cc(Cl)c(COC2(c3cnccc3-c3ccccc3OC3CC3)CC2)cc1Cl)C(=O)C(O)C(O)C(O)C(O)CO. The van der Waals surface area contributed by atoms with E-state index in [0.29, 0.717) is 29.3 Å². The summed E-state index contributed by atoms with van der Waals surface area (Å²) in [6.07, 6.45) is 2.20. The van der Waals surface area contributed by atoms with Crippen molar-refractivity contribution in [1.29, 1.82) is 0 Å². The number of nitrogens with zero attached hydrogens (tertiary/aromatic N) is 2. The molecule has 0 saturated heterocycles. The molecule has 5 rings (SSSR count). The number of aromatic nitrogens is 1. The van der Waals surface area contributed by atoms with E-state index in [2.05, 4.69) is 11.1 Å². The lowest BCUT2D eigenvalue weighted by Gasteiger charge is -2.28. The molecule has 12 heteroatoms. The number of unbranched alkanes of at least 4 members (excludes halogenated alkanes) is 1. The number of carbonyl (C=O) groups is 1. The lowest BCUT2D eigenvalue weighted by molar-refractivity contribution is -0.157. The van der Waals surface area contributed by atoms with E-state index in [0.717, 1.165) is 59.3 Å². The van der Waals surface area contributed by atoms with Crippen LogP contribution in [0.1, 0.15) is 55.2 Å². The maximum absolute atomic E-state index is 12.5. The lowest BCUT2D eigenvalue weighted by atomic mass is 9.96. The van der Waals surface area contributed by atoms with Gasteiger partial charge in [-0.3, -0.25) is 9.78 Å². The van der Waals surface area contributed by atoms with Gasteiger partial charge in [0.05, 0.1) is 24.9 Å². The van der Waals surface area contributed by atoms with Crippen LogP contribution in [-0.4, -0.2) is 92.0 Å². The first-order valence-corrected chi connectivity index (χ1v) is 16.7. The summed E-state index contributed by atoms with van der Waals surface area (Å²) >= 11 is 13.4. The average molecular weight is 690 g/mol. The second kappa shape index (κ2) is 15.6. The van der Waals surface area contributed by atoms with Gasteiger partial charge in [-0.1, -0.05) is 41.4 Å². The van der Waals surface area contributed by atoms with Crippen molar-refractivity contribution < 1.29 is 39.8 Å². The van der Waals surface area contributed by atoms with Crippen LogP contribution in [0.4, 0.5) is 0 Å². The number of halogens is 2. The zero-order chi connectivity index (χ0) is 33.7. The number of benzene rings is 2. The Bertz CT molecular complexity index is 1530. The van der Waals surface area contributed by atoms with Crippen LogP contribution < -0.4 is 4.74 Å². The molecule has 0 bridgehead atoms. The fourth-order valence-corrected chi connectivity index (χ4v) is 6.09. The van der Waals surface area contributed by atoms with E-state index >= 15 is 0 Å². The summed E-state index contributed by atoms with van der Waals surface area (Å²) in [5, 5.41) is 49.4. The molecule has 4 unspecified atom stereocenters. The summed E-state index contributed by atoms with van der Waals surface area (Å²) in [6, 6.07) is 13.8. The number of rotatable bonds is 17. The van der Waals surface area contributed by atoms with Gasteiger partial charge in [0.2, 0.25) is 0 Å². The number of aliphatic hydroxyl groups is 5. The van der Waals surface area contributed by atoms with Crippen molar-refractivity contribution in [2.45, 2.75) is 87.7 Å². The zero-order valence-electron chi connectivity index (χ0n) is 26.3. The maximum atomic E-state index is 12.5. The van der Waals surface area contributed by atoms with Crippen LogP contribution in [0.25, 0.3) is 11.1 Å². The summed E-state index contributed by atoms with van der Waals surface area (Å²) in [6.45, 7) is -0.277. The minimum atomic E-state index is -1.95. The van der Waals surface area contributed by atoms with E-state index in [1.54, 1.807) is 6.20 Å².